The normalized spacial score (nSPS) is 10.3. The van der Waals surface area contributed by atoms with Crippen molar-refractivity contribution >= 4 is 5.91 Å². The molecule has 3 nitrogen and oxygen atoms in total. The average Bonchev–Trinajstić information content (AvgIpc) is 2.62. The van der Waals surface area contributed by atoms with Crippen LogP contribution in [0.15, 0.2) is 72.9 Å². The maximum Gasteiger partial charge on any atom is 0.255 e. The minimum atomic E-state index is -0.0454. The van der Waals surface area contributed by atoms with Crippen LogP contribution in [0.25, 0.3) is 22.4 Å². The maximum atomic E-state index is 12.5. The van der Waals surface area contributed by atoms with Crippen LogP contribution in [-0.4, -0.2) is 29.9 Å². The van der Waals surface area contributed by atoms with E-state index in [1.54, 1.807) is 31.3 Å². The Morgan fingerprint density at radius 2 is 1.48 bits per heavy atom. The van der Waals surface area contributed by atoms with Crippen LogP contribution in [0.1, 0.15) is 10.4 Å². The summed E-state index contributed by atoms with van der Waals surface area (Å²) in [6.45, 7) is 0. The third kappa shape index (κ3) is 2.99. The predicted molar refractivity (Wildman–Crippen MR) is 93.1 cm³/mol. The lowest BCUT2D eigenvalue weighted by Crippen LogP contribution is -2.22. The van der Waals surface area contributed by atoms with Crippen LogP contribution >= 0.6 is 0 Å². The van der Waals surface area contributed by atoms with Gasteiger partial charge in [-0.05, 0) is 23.3 Å². The van der Waals surface area contributed by atoms with E-state index in [0.717, 1.165) is 16.7 Å². The molecule has 1 amide bonds. The van der Waals surface area contributed by atoms with Crippen molar-refractivity contribution < 1.29 is 4.79 Å². The topological polar surface area (TPSA) is 33.2 Å². The number of carbonyl (C=O) groups is 1. The molecule has 0 N–H and O–H groups in total. The van der Waals surface area contributed by atoms with Gasteiger partial charge < -0.3 is 4.90 Å². The van der Waals surface area contributed by atoms with Crippen molar-refractivity contribution in [3.63, 3.8) is 0 Å². The zero-order chi connectivity index (χ0) is 16.2. The van der Waals surface area contributed by atoms with Crippen LogP contribution in [0.4, 0.5) is 0 Å². The van der Waals surface area contributed by atoms with Crippen molar-refractivity contribution in [1.82, 2.24) is 9.88 Å². The van der Waals surface area contributed by atoms with E-state index < -0.39 is 0 Å². The highest BCUT2D eigenvalue weighted by Crippen LogP contribution is 2.32. The van der Waals surface area contributed by atoms with Gasteiger partial charge >= 0.3 is 0 Å². The second-order valence-corrected chi connectivity index (χ2v) is 5.51. The molecule has 1 aromatic heterocycles. The molecule has 114 valence electrons. The monoisotopic (exact) mass is 302 g/mol. The predicted octanol–water partition coefficient (Wildman–Crippen LogP) is 4.12. The van der Waals surface area contributed by atoms with E-state index in [0.29, 0.717) is 11.3 Å². The average molecular weight is 302 g/mol. The Kier molecular flexibility index (Phi) is 4.20. The second kappa shape index (κ2) is 6.44. The first-order valence-electron chi connectivity index (χ1n) is 7.50. The molecule has 0 spiro atoms. The summed E-state index contributed by atoms with van der Waals surface area (Å²) in [6, 6.07) is 21.8. The first-order chi connectivity index (χ1) is 11.2. The Morgan fingerprint density at radius 1 is 0.826 bits per heavy atom. The smallest absolute Gasteiger partial charge is 0.255 e. The van der Waals surface area contributed by atoms with Crippen molar-refractivity contribution in [2.24, 2.45) is 0 Å². The second-order valence-electron chi connectivity index (χ2n) is 5.51. The molecule has 0 aliphatic rings. The molecule has 23 heavy (non-hydrogen) atoms. The Labute approximate surface area is 136 Å². The molecule has 0 saturated carbocycles. The summed E-state index contributed by atoms with van der Waals surface area (Å²) in [5, 5.41) is 0. The van der Waals surface area contributed by atoms with Crippen molar-refractivity contribution in [3.05, 3.63) is 78.5 Å². The summed E-state index contributed by atoms with van der Waals surface area (Å²) in [5.74, 6) is -0.0454. The highest BCUT2D eigenvalue weighted by atomic mass is 16.2. The van der Waals surface area contributed by atoms with Gasteiger partial charge in [0, 0.05) is 25.9 Å². The first-order valence-corrected chi connectivity index (χ1v) is 7.50. The zero-order valence-electron chi connectivity index (χ0n) is 13.2. The minimum Gasteiger partial charge on any atom is -0.345 e. The summed E-state index contributed by atoms with van der Waals surface area (Å²) in [4.78, 5) is 18.5. The number of amides is 1. The lowest BCUT2D eigenvalue weighted by molar-refractivity contribution is 0.0828. The summed E-state index contributed by atoms with van der Waals surface area (Å²) in [6.07, 6.45) is 1.73. The van der Waals surface area contributed by atoms with E-state index in [2.05, 4.69) is 23.2 Å². The lowest BCUT2D eigenvalue weighted by atomic mass is 9.95. The number of hydrogen-bond donors (Lipinski definition) is 0. The van der Waals surface area contributed by atoms with Crippen LogP contribution < -0.4 is 0 Å². The number of aromatic nitrogens is 1. The highest BCUT2D eigenvalue weighted by Gasteiger charge is 2.17. The van der Waals surface area contributed by atoms with Crippen molar-refractivity contribution in [3.8, 4) is 22.4 Å². The number of carbonyl (C=O) groups excluding carboxylic acids is 1. The molecule has 0 atom stereocenters. The number of nitrogens with zero attached hydrogens (tertiary/aromatic N) is 2. The fraction of sp³-hybridized carbons (Fsp3) is 0.100. The van der Waals surface area contributed by atoms with Gasteiger partial charge in [0.2, 0.25) is 0 Å². The van der Waals surface area contributed by atoms with Crippen LogP contribution in [-0.2, 0) is 0 Å². The van der Waals surface area contributed by atoms with Crippen LogP contribution in [0.5, 0.6) is 0 Å². The quantitative estimate of drug-likeness (QED) is 0.729. The molecule has 0 aliphatic heterocycles. The molecule has 0 unspecified atom stereocenters. The van der Waals surface area contributed by atoms with Gasteiger partial charge in [-0.2, -0.15) is 0 Å². The standard InChI is InChI=1S/C20H18N2O/c1-22(2)20(23)18-13-8-14-21-19(18)17-12-7-6-11-16(17)15-9-4-3-5-10-15/h3-14H,1-2H3. The van der Waals surface area contributed by atoms with Gasteiger partial charge in [-0.25, -0.2) is 0 Å². The van der Waals surface area contributed by atoms with Gasteiger partial charge in [0.1, 0.15) is 0 Å². The van der Waals surface area contributed by atoms with Crippen LogP contribution in [0.3, 0.4) is 0 Å². The summed E-state index contributed by atoms with van der Waals surface area (Å²) < 4.78 is 0. The van der Waals surface area contributed by atoms with Gasteiger partial charge in [0.15, 0.2) is 0 Å². The first kappa shape index (κ1) is 15.0. The lowest BCUT2D eigenvalue weighted by Gasteiger charge is -2.15. The zero-order valence-corrected chi connectivity index (χ0v) is 13.2. The van der Waals surface area contributed by atoms with Crippen molar-refractivity contribution in [2.45, 2.75) is 0 Å². The molecular weight excluding hydrogens is 284 g/mol. The van der Waals surface area contributed by atoms with Gasteiger partial charge in [-0.3, -0.25) is 9.78 Å². The van der Waals surface area contributed by atoms with Crippen molar-refractivity contribution in [1.29, 1.82) is 0 Å². The fourth-order valence-electron chi connectivity index (χ4n) is 2.59. The van der Waals surface area contributed by atoms with E-state index in [1.807, 2.05) is 42.5 Å². The third-order valence-corrected chi connectivity index (χ3v) is 3.71. The van der Waals surface area contributed by atoms with Gasteiger partial charge in [-0.15, -0.1) is 0 Å². The molecule has 3 heteroatoms. The van der Waals surface area contributed by atoms with E-state index in [-0.39, 0.29) is 5.91 Å². The van der Waals surface area contributed by atoms with E-state index in [1.165, 1.54) is 0 Å². The maximum absolute atomic E-state index is 12.5. The number of rotatable bonds is 3. The highest BCUT2D eigenvalue weighted by molar-refractivity contribution is 6.01. The Morgan fingerprint density at radius 3 is 2.17 bits per heavy atom. The molecule has 0 fully saturated rings. The largest absolute Gasteiger partial charge is 0.345 e. The molecule has 1 heterocycles. The molecule has 0 aliphatic carbocycles. The number of hydrogen-bond acceptors (Lipinski definition) is 2. The van der Waals surface area contributed by atoms with Gasteiger partial charge in [0.05, 0.1) is 11.3 Å². The van der Waals surface area contributed by atoms with Gasteiger partial charge in [0.25, 0.3) is 5.91 Å². The van der Waals surface area contributed by atoms with Crippen LogP contribution in [0, 0.1) is 0 Å². The van der Waals surface area contributed by atoms with E-state index >= 15 is 0 Å². The fourth-order valence-corrected chi connectivity index (χ4v) is 2.59. The van der Waals surface area contributed by atoms with Crippen LogP contribution in [0.2, 0.25) is 0 Å². The molecule has 0 saturated heterocycles. The Hall–Kier alpha value is -2.94. The summed E-state index contributed by atoms with van der Waals surface area (Å²) in [7, 11) is 3.50. The minimum absolute atomic E-state index is 0.0454. The molecule has 0 radical (unpaired) electrons. The van der Waals surface area contributed by atoms with Crippen molar-refractivity contribution in [2.75, 3.05) is 14.1 Å². The van der Waals surface area contributed by atoms with Gasteiger partial charge in [-0.1, -0.05) is 54.6 Å². The third-order valence-electron chi connectivity index (χ3n) is 3.71. The molecule has 0 bridgehead atoms. The summed E-state index contributed by atoms with van der Waals surface area (Å²) >= 11 is 0. The molecular formula is C20H18N2O. The SMILES string of the molecule is CN(C)C(=O)c1cccnc1-c1ccccc1-c1ccccc1. The van der Waals surface area contributed by atoms with E-state index in [9.17, 15) is 4.79 Å². The Bertz CT molecular complexity index is 826. The summed E-state index contributed by atoms with van der Waals surface area (Å²) in [5.41, 5.74) is 4.47. The molecule has 2 aromatic carbocycles. The van der Waals surface area contributed by atoms with E-state index in [4.69, 9.17) is 0 Å². The Balaban J connectivity index is 2.20. The number of pyridine rings is 1. The molecule has 3 aromatic rings. The molecule has 3 rings (SSSR count). The number of benzene rings is 2.